The predicted molar refractivity (Wildman–Crippen MR) is 82.2 cm³/mol. The molecule has 0 unspecified atom stereocenters. The summed E-state index contributed by atoms with van der Waals surface area (Å²) in [5.74, 6) is -1.56. The SMILES string of the molecule is C=C(C)C(=O)OCCOC(=O)CCC(=O)OCc1ccccc1. The molecule has 1 aromatic carbocycles. The van der Waals surface area contributed by atoms with Gasteiger partial charge in [-0.05, 0) is 12.5 Å². The van der Waals surface area contributed by atoms with Crippen molar-refractivity contribution < 1.29 is 28.6 Å². The molecule has 1 rings (SSSR count). The fourth-order valence-electron chi connectivity index (χ4n) is 1.50. The fraction of sp³-hybridized carbons (Fsp3) is 0.353. The van der Waals surface area contributed by atoms with Crippen LogP contribution in [-0.4, -0.2) is 31.1 Å². The van der Waals surface area contributed by atoms with E-state index < -0.39 is 17.9 Å². The molecule has 0 aliphatic carbocycles. The summed E-state index contributed by atoms with van der Waals surface area (Å²) in [4.78, 5) is 34.0. The number of ether oxygens (including phenoxy) is 3. The minimum atomic E-state index is -0.548. The van der Waals surface area contributed by atoms with Crippen molar-refractivity contribution in [2.24, 2.45) is 0 Å². The number of carbonyl (C=O) groups is 3. The maximum Gasteiger partial charge on any atom is 0.333 e. The van der Waals surface area contributed by atoms with E-state index in [1.807, 2.05) is 30.3 Å². The van der Waals surface area contributed by atoms with Crippen molar-refractivity contribution in [3.63, 3.8) is 0 Å². The molecule has 0 heterocycles. The summed E-state index contributed by atoms with van der Waals surface area (Å²) in [6.45, 7) is 5.01. The van der Waals surface area contributed by atoms with Crippen molar-refractivity contribution >= 4 is 17.9 Å². The van der Waals surface area contributed by atoms with Gasteiger partial charge in [0, 0.05) is 5.57 Å². The largest absolute Gasteiger partial charge is 0.462 e. The van der Waals surface area contributed by atoms with Gasteiger partial charge in [0.1, 0.15) is 19.8 Å². The molecule has 0 radical (unpaired) electrons. The Morgan fingerprint density at radius 3 is 2.09 bits per heavy atom. The lowest BCUT2D eigenvalue weighted by atomic mass is 10.2. The van der Waals surface area contributed by atoms with Crippen molar-refractivity contribution in [2.45, 2.75) is 26.4 Å². The van der Waals surface area contributed by atoms with E-state index in [4.69, 9.17) is 14.2 Å². The van der Waals surface area contributed by atoms with Crippen molar-refractivity contribution in [3.05, 3.63) is 48.0 Å². The van der Waals surface area contributed by atoms with Crippen LogP contribution in [0.5, 0.6) is 0 Å². The Kier molecular flexibility index (Phi) is 8.13. The van der Waals surface area contributed by atoms with Crippen LogP contribution < -0.4 is 0 Å². The van der Waals surface area contributed by atoms with E-state index in [1.54, 1.807) is 0 Å². The topological polar surface area (TPSA) is 78.9 Å². The number of rotatable bonds is 9. The number of hydrogen-bond donors (Lipinski definition) is 0. The van der Waals surface area contributed by atoms with Gasteiger partial charge in [0.05, 0.1) is 12.8 Å². The smallest absolute Gasteiger partial charge is 0.333 e. The molecule has 6 heteroatoms. The highest BCUT2D eigenvalue weighted by atomic mass is 16.6. The average molecular weight is 320 g/mol. The second-order valence-electron chi connectivity index (χ2n) is 4.78. The summed E-state index contributed by atoms with van der Waals surface area (Å²) in [7, 11) is 0. The van der Waals surface area contributed by atoms with Gasteiger partial charge < -0.3 is 14.2 Å². The van der Waals surface area contributed by atoms with E-state index in [9.17, 15) is 14.4 Å². The van der Waals surface area contributed by atoms with Gasteiger partial charge in [-0.3, -0.25) is 9.59 Å². The number of carbonyl (C=O) groups excluding carboxylic acids is 3. The van der Waals surface area contributed by atoms with E-state index >= 15 is 0 Å². The molecule has 6 nitrogen and oxygen atoms in total. The van der Waals surface area contributed by atoms with Crippen molar-refractivity contribution in [1.82, 2.24) is 0 Å². The third-order valence-corrected chi connectivity index (χ3v) is 2.70. The predicted octanol–water partition coefficient (Wildman–Crippen LogP) is 2.17. The molecule has 124 valence electrons. The van der Waals surface area contributed by atoms with E-state index in [1.165, 1.54) is 6.92 Å². The molecule has 0 aliphatic rings. The minimum absolute atomic E-state index is 0.0457. The van der Waals surface area contributed by atoms with Gasteiger partial charge in [0.2, 0.25) is 0 Å². The molecule has 0 aromatic heterocycles. The molecule has 0 amide bonds. The summed E-state index contributed by atoms with van der Waals surface area (Å²) in [5, 5.41) is 0. The summed E-state index contributed by atoms with van der Waals surface area (Å²) in [6.07, 6.45) is -0.140. The van der Waals surface area contributed by atoms with Crippen molar-refractivity contribution in [3.8, 4) is 0 Å². The van der Waals surface area contributed by atoms with Gasteiger partial charge in [-0.25, -0.2) is 4.79 Å². The molecule has 0 atom stereocenters. The quantitative estimate of drug-likeness (QED) is 0.300. The van der Waals surface area contributed by atoms with Crippen LogP contribution >= 0.6 is 0 Å². The monoisotopic (exact) mass is 320 g/mol. The highest BCUT2D eigenvalue weighted by Crippen LogP contribution is 2.03. The molecule has 23 heavy (non-hydrogen) atoms. The van der Waals surface area contributed by atoms with E-state index in [0.29, 0.717) is 0 Å². The molecule has 0 spiro atoms. The Bertz CT molecular complexity index is 549. The number of esters is 3. The zero-order valence-electron chi connectivity index (χ0n) is 13.1. The lowest BCUT2D eigenvalue weighted by Gasteiger charge is -2.07. The molecule has 0 saturated heterocycles. The maximum absolute atomic E-state index is 11.5. The standard InChI is InChI=1S/C17H20O6/c1-13(2)17(20)22-11-10-21-15(18)8-9-16(19)23-12-14-6-4-3-5-7-14/h3-7H,1,8-12H2,2H3. The molecule has 0 aliphatic heterocycles. The van der Waals surface area contributed by atoms with Gasteiger partial charge in [-0.1, -0.05) is 36.9 Å². The molecular formula is C17H20O6. The first-order chi connectivity index (χ1) is 11.0. The van der Waals surface area contributed by atoms with Gasteiger partial charge >= 0.3 is 17.9 Å². The highest BCUT2D eigenvalue weighted by Gasteiger charge is 2.10. The zero-order valence-corrected chi connectivity index (χ0v) is 13.1. The van der Waals surface area contributed by atoms with Crippen molar-refractivity contribution in [2.75, 3.05) is 13.2 Å². The van der Waals surface area contributed by atoms with Crippen LogP contribution in [0.1, 0.15) is 25.3 Å². The van der Waals surface area contributed by atoms with E-state index in [-0.39, 0.29) is 38.2 Å². The molecule has 0 saturated carbocycles. The molecule has 0 N–H and O–H groups in total. The van der Waals surface area contributed by atoms with Crippen LogP contribution in [0.25, 0.3) is 0 Å². The molecular weight excluding hydrogens is 300 g/mol. The molecule has 0 fully saturated rings. The summed E-state index contributed by atoms with van der Waals surface area (Å²) in [6, 6.07) is 9.25. The zero-order chi connectivity index (χ0) is 17.1. The van der Waals surface area contributed by atoms with Gasteiger partial charge in [0.15, 0.2) is 0 Å². The first-order valence-electron chi connectivity index (χ1n) is 7.17. The third-order valence-electron chi connectivity index (χ3n) is 2.70. The van der Waals surface area contributed by atoms with Crippen LogP contribution in [0.3, 0.4) is 0 Å². The number of benzene rings is 1. The van der Waals surface area contributed by atoms with Crippen LogP contribution in [0.4, 0.5) is 0 Å². The fourth-order valence-corrected chi connectivity index (χ4v) is 1.50. The van der Waals surface area contributed by atoms with Crippen LogP contribution in [0.2, 0.25) is 0 Å². The summed E-state index contributed by atoms with van der Waals surface area (Å²) in [5.41, 5.74) is 1.15. The second kappa shape index (κ2) is 10.2. The first kappa shape index (κ1) is 18.4. The lowest BCUT2D eigenvalue weighted by molar-refractivity contribution is -0.153. The highest BCUT2D eigenvalue weighted by molar-refractivity contribution is 5.86. The van der Waals surface area contributed by atoms with Crippen molar-refractivity contribution in [1.29, 1.82) is 0 Å². The molecule has 0 bridgehead atoms. The van der Waals surface area contributed by atoms with E-state index in [0.717, 1.165) is 5.56 Å². The number of hydrogen-bond acceptors (Lipinski definition) is 6. The lowest BCUT2D eigenvalue weighted by Crippen LogP contribution is -2.15. The maximum atomic E-state index is 11.5. The Hall–Kier alpha value is -2.63. The summed E-state index contributed by atoms with van der Waals surface area (Å²) < 4.78 is 14.6. The Morgan fingerprint density at radius 2 is 1.48 bits per heavy atom. The normalized spacial score (nSPS) is 9.78. The summed E-state index contributed by atoms with van der Waals surface area (Å²) >= 11 is 0. The van der Waals surface area contributed by atoms with Gasteiger partial charge in [-0.15, -0.1) is 0 Å². The molecule has 1 aromatic rings. The van der Waals surface area contributed by atoms with Gasteiger partial charge in [-0.2, -0.15) is 0 Å². The second-order valence-corrected chi connectivity index (χ2v) is 4.78. The Balaban J connectivity index is 2.09. The van der Waals surface area contributed by atoms with Crippen LogP contribution in [0, 0.1) is 0 Å². The van der Waals surface area contributed by atoms with Gasteiger partial charge in [0.25, 0.3) is 0 Å². The Labute approximate surface area is 135 Å². The van der Waals surface area contributed by atoms with E-state index in [2.05, 4.69) is 6.58 Å². The minimum Gasteiger partial charge on any atom is -0.462 e. The van der Waals surface area contributed by atoms with Crippen LogP contribution in [0.15, 0.2) is 42.5 Å². The Morgan fingerprint density at radius 1 is 0.913 bits per heavy atom. The average Bonchev–Trinajstić information content (AvgIpc) is 2.55. The first-order valence-corrected chi connectivity index (χ1v) is 7.17. The van der Waals surface area contributed by atoms with Crippen LogP contribution in [-0.2, 0) is 35.2 Å². The third kappa shape index (κ3) is 8.40.